The van der Waals surface area contributed by atoms with E-state index in [-0.39, 0.29) is 11.8 Å². The summed E-state index contributed by atoms with van der Waals surface area (Å²) in [5, 5.41) is 0. The third-order valence-electron chi connectivity index (χ3n) is 7.49. The summed E-state index contributed by atoms with van der Waals surface area (Å²) in [4.78, 5) is 35.5. The highest BCUT2D eigenvalue weighted by Crippen LogP contribution is 2.42. The Morgan fingerprint density at radius 1 is 0.931 bits per heavy atom. The van der Waals surface area contributed by atoms with Crippen LogP contribution in [0.5, 0.6) is 0 Å². The fourth-order valence-electron chi connectivity index (χ4n) is 5.35. The molecule has 3 aliphatic heterocycles. The maximum absolute atomic E-state index is 13.0. The third kappa shape index (κ3) is 4.41. The fourth-order valence-corrected chi connectivity index (χ4v) is 5.35. The number of nitrogens with zero attached hydrogens (tertiary/aromatic N) is 4. The molecule has 0 radical (unpaired) electrons. The predicted molar refractivity (Wildman–Crippen MR) is 114 cm³/mol. The van der Waals surface area contributed by atoms with E-state index in [2.05, 4.69) is 26.9 Å². The molecule has 0 aromatic carbocycles. The van der Waals surface area contributed by atoms with Crippen molar-refractivity contribution in [1.29, 1.82) is 0 Å². The SMILES string of the molecule is CCC(=O)N1CCC(C(=O)N2CCC3(CC2)CCN(c2ccncc2)CC3)CC1. The highest BCUT2D eigenvalue weighted by molar-refractivity contribution is 5.80. The van der Waals surface area contributed by atoms with Crippen LogP contribution in [0.2, 0.25) is 0 Å². The van der Waals surface area contributed by atoms with Gasteiger partial charge in [-0.25, -0.2) is 0 Å². The molecule has 158 valence electrons. The van der Waals surface area contributed by atoms with Gasteiger partial charge in [-0.15, -0.1) is 0 Å². The molecule has 1 aromatic rings. The van der Waals surface area contributed by atoms with E-state index in [1.54, 1.807) is 0 Å². The summed E-state index contributed by atoms with van der Waals surface area (Å²) in [6.07, 6.45) is 10.7. The molecule has 0 atom stereocenters. The van der Waals surface area contributed by atoms with Gasteiger partial charge in [-0.3, -0.25) is 14.6 Å². The van der Waals surface area contributed by atoms with Crippen LogP contribution in [0.1, 0.15) is 51.9 Å². The smallest absolute Gasteiger partial charge is 0.225 e. The number of amides is 2. The minimum Gasteiger partial charge on any atom is -0.371 e. The number of pyridine rings is 1. The van der Waals surface area contributed by atoms with Crippen LogP contribution in [0, 0.1) is 11.3 Å². The topological polar surface area (TPSA) is 56.8 Å². The van der Waals surface area contributed by atoms with E-state index in [4.69, 9.17) is 0 Å². The molecule has 3 saturated heterocycles. The highest BCUT2D eigenvalue weighted by Gasteiger charge is 2.40. The van der Waals surface area contributed by atoms with Crippen molar-refractivity contribution in [3.05, 3.63) is 24.5 Å². The molecule has 2 amide bonds. The van der Waals surface area contributed by atoms with E-state index in [1.807, 2.05) is 24.2 Å². The first-order valence-electron chi connectivity index (χ1n) is 11.3. The molecule has 6 heteroatoms. The number of likely N-dealkylation sites (tertiary alicyclic amines) is 2. The minimum absolute atomic E-state index is 0.110. The Morgan fingerprint density at radius 3 is 2.10 bits per heavy atom. The van der Waals surface area contributed by atoms with Crippen LogP contribution in [-0.4, -0.2) is 65.9 Å². The van der Waals surface area contributed by atoms with Gasteiger partial charge in [0.1, 0.15) is 0 Å². The van der Waals surface area contributed by atoms with Crippen molar-refractivity contribution in [3.8, 4) is 0 Å². The summed E-state index contributed by atoms with van der Waals surface area (Å²) in [5.41, 5.74) is 1.69. The molecule has 3 fully saturated rings. The van der Waals surface area contributed by atoms with Gasteiger partial charge >= 0.3 is 0 Å². The quantitative estimate of drug-likeness (QED) is 0.786. The van der Waals surface area contributed by atoms with E-state index in [1.165, 1.54) is 18.5 Å². The van der Waals surface area contributed by atoms with Crippen molar-refractivity contribution in [3.63, 3.8) is 0 Å². The monoisotopic (exact) mass is 398 g/mol. The molecular formula is C23H34N4O2. The predicted octanol–water partition coefficient (Wildman–Crippen LogP) is 2.94. The Morgan fingerprint density at radius 2 is 1.52 bits per heavy atom. The van der Waals surface area contributed by atoms with Crippen molar-refractivity contribution in [1.82, 2.24) is 14.8 Å². The van der Waals surface area contributed by atoms with Crippen LogP contribution in [0.4, 0.5) is 5.69 Å². The highest BCUT2D eigenvalue weighted by atomic mass is 16.2. The van der Waals surface area contributed by atoms with E-state index in [0.29, 0.717) is 17.7 Å². The number of hydrogen-bond acceptors (Lipinski definition) is 4. The third-order valence-corrected chi connectivity index (χ3v) is 7.49. The minimum atomic E-state index is 0.110. The van der Waals surface area contributed by atoms with E-state index < -0.39 is 0 Å². The molecule has 4 rings (SSSR count). The summed E-state index contributed by atoms with van der Waals surface area (Å²) in [6, 6.07) is 4.19. The Labute approximate surface area is 174 Å². The largest absolute Gasteiger partial charge is 0.371 e. The second-order valence-electron chi connectivity index (χ2n) is 9.03. The van der Waals surface area contributed by atoms with Gasteiger partial charge in [0.05, 0.1) is 0 Å². The molecule has 1 aromatic heterocycles. The summed E-state index contributed by atoms with van der Waals surface area (Å²) >= 11 is 0. The van der Waals surface area contributed by atoms with Crippen LogP contribution in [0.15, 0.2) is 24.5 Å². The zero-order valence-corrected chi connectivity index (χ0v) is 17.7. The molecule has 0 saturated carbocycles. The first kappa shape index (κ1) is 20.2. The number of carbonyl (C=O) groups excluding carboxylic acids is 2. The number of piperidine rings is 3. The second kappa shape index (κ2) is 8.72. The average Bonchev–Trinajstić information content (AvgIpc) is 2.80. The number of hydrogen-bond donors (Lipinski definition) is 0. The molecule has 0 aliphatic carbocycles. The van der Waals surface area contributed by atoms with Gasteiger partial charge in [0.2, 0.25) is 11.8 Å². The zero-order chi connectivity index (χ0) is 20.3. The average molecular weight is 399 g/mol. The summed E-state index contributed by atoms with van der Waals surface area (Å²) in [5.74, 6) is 0.657. The molecule has 0 N–H and O–H groups in total. The van der Waals surface area contributed by atoms with Crippen molar-refractivity contribution < 1.29 is 9.59 Å². The maximum atomic E-state index is 13.0. The number of carbonyl (C=O) groups is 2. The Balaban J connectivity index is 1.25. The molecular weight excluding hydrogens is 364 g/mol. The molecule has 4 heterocycles. The maximum Gasteiger partial charge on any atom is 0.225 e. The van der Waals surface area contributed by atoms with Gasteiger partial charge < -0.3 is 14.7 Å². The summed E-state index contributed by atoms with van der Waals surface area (Å²) in [7, 11) is 0. The molecule has 1 spiro atoms. The van der Waals surface area contributed by atoms with Gasteiger partial charge in [0.15, 0.2) is 0 Å². The Hall–Kier alpha value is -2.11. The van der Waals surface area contributed by atoms with E-state index in [0.717, 1.165) is 65.0 Å². The lowest BCUT2D eigenvalue weighted by Gasteiger charge is -2.48. The molecule has 29 heavy (non-hydrogen) atoms. The zero-order valence-electron chi connectivity index (χ0n) is 17.7. The van der Waals surface area contributed by atoms with Crippen LogP contribution < -0.4 is 4.90 Å². The van der Waals surface area contributed by atoms with Crippen LogP contribution >= 0.6 is 0 Å². The first-order chi connectivity index (χ1) is 14.1. The van der Waals surface area contributed by atoms with Crippen molar-refractivity contribution in [2.24, 2.45) is 11.3 Å². The molecule has 0 unspecified atom stereocenters. The summed E-state index contributed by atoms with van der Waals surface area (Å²) < 4.78 is 0. The summed E-state index contributed by atoms with van der Waals surface area (Å²) in [6.45, 7) is 7.40. The molecule has 6 nitrogen and oxygen atoms in total. The van der Waals surface area contributed by atoms with Crippen molar-refractivity contribution in [2.75, 3.05) is 44.2 Å². The van der Waals surface area contributed by atoms with Gasteiger partial charge in [0, 0.05) is 69.7 Å². The Bertz CT molecular complexity index is 697. The normalized spacial score (nSPS) is 22.7. The second-order valence-corrected chi connectivity index (χ2v) is 9.03. The molecule has 0 bridgehead atoms. The van der Waals surface area contributed by atoms with Gasteiger partial charge in [0.25, 0.3) is 0 Å². The number of aromatic nitrogens is 1. The standard InChI is InChI=1S/C23H34N4O2/c1-2-21(28)26-13-5-19(6-14-26)22(29)27-17-9-23(10-18-27)7-15-25(16-8-23)20-3-11-24-12-4-20/h3-4,11-12,19H,2,5-10,13-18H2,1H3. The van der Waals surface area contributed by atoms with Crippen LogP contribution in [0.3, 0.4) is 0 Å². The Kier molecular flexibility index (Phi) is 6.07. The van der Waals surface area contributed by atoms with E-state index in [9.17, 15) is 9.59 Å². The number of anilines is 1. The van der Waals surface area contributed by atoms with Crippen LogP contribution in [0.25, 0.3) is 0 Å². The van der Waals surface area contributed by atoms with Crippen molar-refractivity contribution in [2.45, 2.75) is 51.9 Å². The lowest BCUT2D eigenvalue weighted by atomic mass is 9.71. The van der Waals surface area contributed by atoms with E-state index >= 15 is 0 Å². The van der Waals surface area contributed by atoms with Crippen LogP contribution in [-0.2, 0) is 9.59 Å². The number of rotatable bonds is 3. The first-order valence-corrected chi connectivity index (χ1v) is 11.3. The van der Waals surface area contributed by atoms with Gasteiger partial charge in [-0.2, -0.15) is 0 Å². The lowest BCUT2D eigenvalue weighted by Crippen LogP contribution is -2.50. The molecule has 3 aliphatic rings. The fraction of sp³-hybridized carbons (Fsp3) is 0.696. The van der Waals surface area contributed by atoms with Gasteiger partial charge in [-0.1, -0.05) is 6.92 Å². The van der Waals surface area contributed by atoms with Gasteiger partial charge in [-0.05, 0) is 56.1 Å². The lowest BCUT2D eigenvalue weighted by molar-refractivity contribution is -0.142. The van der Waals surface area contributed by atoms with Crippen molar-refractivity contribution >= 4 is 17.5 Å².